The molecule has 0 saturated heterocycles. The molecule has 0 saturated carbocycles. The van der Waals surface area contributed by atoms with Crippen LogP contribution in [0.4, 0.5) is 5.82 Å². The lowest BCUT2D eigenvalue weighted by atomic mass is 10.1. The van der Waals surface area contributed by atoms with Gasteiger partial charge in [-0.05, 0) is 17.5 Å². The van der Waals surface area contributed by atoms with Gasteiger partial charge in [0.25, 0.3) is 0 Å². The molecule has 2 aromatic rings. The summed E-state index contributed by atoms with van der Waals surface area (Å²) in [5, 5.41) is 7.96. The van der Waals surface area contributed by atoms with E-state index in [2.05, 4.69) is 15.6 Å². The highest BCUT2D eigenvalue weighted by Crippen LogP contribution is 2.30. The number of anilines is 1. The Bertz CT molecular complexity index is 579. The van der Waals surface area contributed by atoms with Crippen LogP contribution in [0.5, 0.6) is 5.75 Å². The van der Waals surface area contributed by atoms with Gasteiger partial charge in [0.2, 0.25) is 5.91 Å². The second-order valence-electron chi connectivity index (χ2n) is 4.13. The van der Waals surface area contributed by atoms with E-state index in [9.17, 15) is 4.79 Å². The molecule has 0 spiro atoms. The van der Waals surface area contributed by atoms with Crippen molar-refractivity contribution in [1.29, 1.82) is 0 Å². The molecule has 100 valence electrons. The monoisotopic (exact) mass is 259 g/mol. The van der Waals surface area contributed by atoms with Crippen LogP contribution in [0.15, 0.2) is 30.5 Å². The minimum absolute atomic E-state index is 0.0368. The number of hydrogen-bond acceptors (Lipinski definition) is 4. The highest BCUT2D eigenvalue weighted by atomic mass is 16.5. The molecule has 1 aromatic heterocycles. The molecule has 2 rings (SSSR count). The number of methoxy groups -OCH3 is 1. The van der Waals surface area contributed by atoms with Gasteiger partial charge >= 0.3 is 0 Å². The maximum atomic E-state index is 10.8. The third-order valence-electron chi connectivity index (χ3n) is 2.76. The lowest BCUT2D eigenvalue weighted by Gasteiger charge is -2.11. The number of nitrogens with zero attached hydrogens (tertiary/aromatic N) is 1. The molecule has 5 nitrogen and oxygen atoms in total. The van der Waals surface area contributed by atoms with Gasteiger partial charge in [-0.1, -0.05) is 12.1 Å². The van der Waals surface area contributed by atoms with Crippen LogP contribution < -0.4 is 15.4 Å². The summed E-state index contributed by atoms with van der Waals surface area (Å²) in [5.41, 5.74) is 0. The number of amides is 1. The van der Waals surface area contributed by atoms with Gasteiger partial charge in [0.15, 0.2) is 0 Å². The Morgan fingerprint density at radius 2 is 2.16 bits per heavy atom. The molecule has 0 atom stereocenters. The van der Waals surface area contributed by atoms with E-state index in [0.29, 0.717) is 13.1 Å². The molecule has 0 aliphatic carbocycles. The molecule has 0 aliphatic rings. The zero-order valence-corrected chi connectivity index (χ0v) is 11.1. The Balaban J connectivity index is 2.20. The van der Waals surface area contributed by atoms with Crippen molar-refractivity contribution >= 4 is 22.5 Å². The highest BCUT2D eigenvalue weighted by molar-refractivity contribution is 5.96. The topological polar surface area (TPSA) is 63.2 Å². The molecule has 0 radical (unpaired) electrons. The molecule has 1 aromatic carbocycles. The van der Waals surface area contributed by atoms with E-state index in [-0.39, 0.29) is 5.91 Å². The number of hydrogen-bond donors (Lipinski definition) is 2. The number of aromatic nitrogens is 1. The van der Waals surface area contributed by atoms with Crippen LogP contribution in [0.25, 0.3) is 10.8 Å². The first-order valence-corrected chi connectivity index (χ1v) is 6.12. The Hall–Kier alpha value is -2.30. The van der Waals surface area contributed by atoms with Gasteiger partial charge in [-0.15, -0.1) is 0 Å². The lowest BCUT2D eigenvalue weighted by Crippen LogP contribution is -2.26. The minimum atomic E-state index is -0.0368. The number of carbonyl (C=O) groups is 1. The van der Waals surface area contributed by atoms with Gasteiger partial charge in [-0.2, -0.15) is 0 Å². The maximum absolute atomic E-state index is 10.8. The van der Waals surface area contributed by atoms with Crippen molar-refractivity contribution in [1.82, 2.24) is 10.3 Å². The van der Waals surface area contributed by atoms with Crippen molar-refractivity contribution in [3.8, 4) is 5.75 Å². The minimum Gasteiger partial charge on any atom is -0.496 e. The normalized spacial score (nSPS) is 10.2. The SMILES string of the molecule is COc1cccc2ccnc(NCCNC(C)=O)c12. The number of rotatable bonds is 5. The van der Waals surface area contributed by atoms with Gasteiger partial charge in [-0.3, -0.25) is 4.79 Å². The van der Waals surface area contributed by atoms with Crippen molar-refractivity contribution in [2.75, 3.05) is 25.5 Å². The molecule has 1 amide bonds. The van der Waals surface area contributed by atoms with Crippen LogP contribution in [-0.2, 0) is 4.79 Å². The van der Waals surface area contributed by atoms with Crippen LogP contribution in [-0.4, -0.2) is 31.1 Å². The highest BCUT2D eigenvalue weighted by Gasteiger charge is 2.07. The van der Waals surface area contributed by atoms with Crippen molar-refractivity contribution < 1.29 is 9.53 Å². The first kappa shape index (κ1) is 13.1. The zero-order valence-electron chi connectivity index (χ0n) is 11.1. The fourth-order valence-electron chi connectivity index (χ4n) is 1.92. The van der Waals surface area contributed by atoms with E-state index >= 15 is 0 Å². The molecular weight excluding hydrogens is 242 g/mol. The maximum Gasteiger partial charge on any atom is 0.216 e. The molecule has 0 fully saturated rings. The summed E-state index contributed by atoms with van der Waals surface area (Å²) in [6.07, 6.45) is 1.75. The van der Waals surface area contributed by atoms with Crippen molar-refractivity contribution in [3.63, 3.8) is 0 Å². The number of nitrogens with one attached hydrogen (secondary N) is 2. The molecule has 5 heteroatoms. The first-order valence-electron chi connectivity index (χ1n) is 6.12. The molecule has 0 bridgehead atoms. The number of pyridine rings is 1. The average Bonchev–Trinajstić information content (AvgIpc) is 2.42. The predicted molar refractivity (Wildman–Crippen MR) is 75.5 cm³/mol. The second-order valence-corrected chi connectivity index (χ2v) is 4.13. The third kappa shape index (κ3) is 3.13. The molecule has 0 unspecified atom stereocenters. The van der Waals surface area contributed by atoms with Crippen molar-refractivity contribution in [2.45, 2.75) is 6.92 Å². The van der Waals surface area contributed by atoms with Gasteiger partial charge < -0.3 is 15.4 Å². The summed E-state index contributed by atoms with van der Waals surface area (Å²) in [6, 6.07) is 7.81. The number of fused-ring (bicyclic) bond motifs is 1. The molecule has 0 aliphatic heterocycles. The van der Waals surface area contributed by atoms with Crippen LogP contribution in [0, 0.1) is 0 Å². The van der Waals surface area contributed by atoms with Crippen LogP contribution in [0.2, 0.25) is 0 Å². The number of benzene rings is 1. The molecular formula is C14H17N3O2. The van der Waals surface area contributed by atoms with Gasteiger partial charge in [-0.25, -0.2) is 4.98 Å². The summed E-state index contributed by atoms with van der Waals surface area (Å²) in [6.45, 7) is 2.67. The van der Waals surface area contributed by atoms with Gasteiger partial charge in [0, 0.05) is 26.2 Å². The van der Waals surface area contributed by atoms with Gasteiger partial charge in [0.05, 0.1) is 12.5 Å². The molecule has 1 heterocycles. The standard InChI is InChI=1S/C14H17N3O2/c1-10(18)15-8-9-17-14-13-11(6-7-16-14)4-3-5-12(13)19-2/h3-7H,8-9H2,1-2H3,(H,15,18)(H,16,17). The van der Waals surface area contributed by atoms with Crippen LogP contribution >= 0.6 is 0 Å². The summed E-state index contributed by atoms with van der Waals surface area (Å²) >= 11 is 0. The molecule has 19 heavy (non-hydrogen) atoms. The predicted octanol–water partition coefficient (Wildman–Crippen LogP) is 1.79. The van der Waals surface area contributed by atoms with E-state index in [0.717, 1.165) is 22.3 Å². The van der Waals surface area contributed by atoms with E-state index in [1.165, 1.54) is 6.92 Å². The summed E-state index contributed by atoms with van der Waals surface area (Å²) in [7, 11) is 1.64. The van der Waals surface area contributed by atoms with E-state index in [1.54, 1.807) is 13.3 Å². The van der Waals surface area contributed by atoms with E-state index < -0.39 is 0 Å². The lowest BCUT2D eigenvalue weighted by molar-refractivity contribution is -0.118. The smallest absolute Gasteiger partial charge is 0.216 e. The second kappa shape index (κ2) is 6.04. The number of ether oxygens (including phenoxy) is 1. The van der Waals surface area contributed by atoms with E-state index in [4.69, 9.17) is 4.74 Å². The Labute approximate surface area is 112 Å². The largest absolute Gasteiger partial charge is 0.496 e. The quantitative estimate of drug-likeness (QED) is 0.804. The Morgan fingerprint density at radius 1 is 1.32 bits per heavy atom. The summed E-state index contributed by atoms with van der Waals surface area (Å²) in [5.74, 6) is 1.51. The van der Waals surface area contributed by atoms with E-state index in [1.807, 2.05) is 24.3 Å². The van der Waals surface area contributed by atoms with Crippen molar-refractivity contribution in [2.24, 2.45) is 0 Å². The van der Waals surface area contributed by atoms with Crippen molar-refractivity contribution in [3.05, 3.63) is 30.5 Å². The Morgan fingerprint density at radius 3 is 2.89 bits per heavy atom. The van der Waals surface area contributed by atoms with Crippen LogP contribution in [0.3, 0.4) is 0 Å². The Kier molecular flexibility index (Phi) is 4.18. The average molecular weight is 259 g/mol. The third-order valence-corrected chi connectivity index (χ3v) is 2.76. The first-order chi connectivity index (χ1) is 9.22. The van der Waals surface area contributed by atoms with Crippen LogP contribution in [0.1, 0.15) is 6.92 Å². The van der Waals surface area contributed by atoms with Gasteiger partial charge in [0.1, 0.15) is 11.6 Å². The summed E-state index contributed by atoms with van der Waals surface area (Å²) in [4.78, 5) is 15.1. The summed E-state index contributed by atoms with van der Waals surface area (Å²) < 4.78 is 5.36. The number of carbonyl (C=O) groups excluding carboxylic acids is 1. The molecule has 2 N–H and O–H groups in total. The zero-order chi connectivity index (χ0) is 13.7. The fraction of sp³-hybridized carbons (Fsp3) is 0.286. The fourth-order valence-corrected chi connectivity index (χ4v) is 1.92.